The van der Waals surface area contributed by atoms with E-state index in [0.29, 0.717) is 19.5 Å². The summed E-state index contributed by atoms with van der Waals surface area (Å²) in [6, 6.07) is 19.4. The van der Waals surface area contributed by atoms with E-state index < -0.39 is 0 Å². The molecule has 1 unspecified atom stereocenters. The highest BCUT2D eigenvalue weighted by Gasteiger charge is 2.34. The zero-order chi connectivity index (χ0) is 19.1. The summed E-state index contributed by atoms with van der Waals surface area (Å²) >= 11 is 0. The molecule has 0 aromatic heterocycles. The first-order valence-corrected chi connectivity index (χ1v) is 9.42. The largest absolute Gasteiger partial charge is 0.394 e. The lowest BCUT2D eigenvalue weighted by Crippen LogP contribution is -2.43. The molecule has 2 aromatic rings. The number of carbonyl (C=O) groups excluding carboxylic acids is 2. The number of nitrogens with one attached hydrogen (secondary N) is 1. The summed E-state index contributed by atoms with van der Waals surface area (Å²) < 4.78 is 0. The van der Waals surface area contributed by atoms with Crippen molar-refractivity contribution >= 4 is 11.8 Å². The second-order valence-corrected chi connectivity index (χ2v) is 7.05. The van der Waals surface area contributed by atoms with Crippen molar-refractivity contribution < 1.29 is 14.7 Å². The molecular formula is C22H26N2O3. The number of carbonyl (C=O) groups is 2. The van der Waals surface area contributed by atoms with Crippen molar-refractivity contribution in [2.45, 2.75) is 25.3 Å². The van der Waals surface area contributed by atoms with Crippen LogP contribution in [0.15, 0.2) is 60.7 Å². The fourth-order valence-corrected chi connectivity index (χ4v) is 3.45. The lowest BCUT2D eigenvalue weighted by atomic mass is 10.0. The maximum atomic E-state index is 12.6. The molecule has 5 nitrogen and oxygen atoms in total. The zero-order valence-corrected chi connectivity index (χ0v) is 15.4. The van der Waals surface area contributed by atoms with Crippen LogP contribution < -0.4 is 5.32 Å². The van der Waals surface area contributed by atoms with Gasteiger partial charge in [-0.2, -0.15) is 0 Å². The third kappa shape index (κ3) is 5.41. The Morgan fingerprint density at radius 2 is 1.70 bits per heavy atom. The second-order valence-electron chi connectivity index (χ2n) is 7.05. The lowest BCUT2D eigenvalue weighted by Gasteiger charge is -2.20. The molecule has 2 atom stereocenters. The summed E-state index contributed by atoms with van der Waals surface area (Å²) in [5.74, 6) is -0.478. The summed E-state index contributed by atoms with van der Waals surface area (Å²) in [6.07, 6.45) is 1.60. The van der Waals surface area contributed by atoms with Crippen molar-refractivity contribution in [1.29, 1.82) is 0 Å². The monoisotopic (exact) mass is 366 g/mol. The number of hydrogen-bond acceptors (Lipinski definition) is 3. The summed E-state index contributed by atoms with van der Waals surface area (Å²) in [7, 11) is 0. The van der Waals surface area contributed by atoms with Gasteiger partial charge in [0.15, 0.2) is 0 Å². The van der Waals surface area contributed by atoms with Gasteiger partial charge in [-0.1, -0.05) is 60.7 Å². The summed E-state index contributed by atoms with van der Waals surface area (Å²) in [4.78, 5) is 26.6. The fourth-order valence-electron chi connectivity index (χ4n) is 3.45. The molecule has 1 aliphatic rings. The Kier molecular flexibility index (Phi) is 6.60. The highest BCUT2D eigenvalue weighted by molar-refractivity contribution is 5.89. The van der Waals surface area contributed by atoms with Crippen molar-refractivity contribution in [2.75, 3.05) is 19.7 Å². The third-order valence-corrected chi connectivity index (χ3v) is 4.99. The number of likely N-dealkylation sites (tertiary alicyclic amines) is 1. The first-order chi connectivity index (χ1) is 13.2. The van der Waals surface area contributed by atoms with E-state index in [2.05, 4.69) is 5.32 Å². The number of hydrogen-bond donors (Lipinski definition) is 2. The van der Waals surface area contributed by atoms with Crippen LogP contribution >= 0.6 is 0 Å². The minimum Gasteiger partial charge on any atom is -0.394 e. The Morgan fingerprint density at radius 1 is 1.07 bits per heavy atom. The van der Waals surface area contributed by atoms with E-state index >= 15 is 0 Å². The number of aliphatic hydroxyl groups excluding tert-OH is 1. The lowest BCUT2D eigenvalue weighted by molar-refractivity contribution is -0.129. The number of aliphatic hydroxyl groups is 1. The van der Waals surface area contributed by atoms with Crippen molar-refractivity contribution in [3.8, 4) is 0 Å². The Hall–Kier alpha value is -2.66. The van der Waals surface area contributed by atoms with Gasteiger partial charge in [0.1, 0.15) is 0 Å². The van der Waals surface area contributed by atoms with E-state index in [4.69, 9.17) is 0 Å². The standard InChI is InChI=1S/C22H26N2O3/c25-16-20(13-18-9-5-2-6-10-18)23-22(27)19-14-21(26)24(15-19)12-11-17-7-3-1-4-8-17/h1-10,19-20,25H,11-16H2,(H,23,27)/t19?,20-/m0/s1. The summed E-state index contributed by atoms with van der Waals surface area (Å²) in [5.41, 5.74) is 2.24. The van der Waals surface area contributed by atoms with Gasteiger partial charge in [-0.15, -0.1) is 0 Å². The van der Waals surface area contributed by atoms with Gasteiger partial charge in [-0.3, -0.25) is 9.59 Å². The van der Waals surface area contributed by atoms with Gasteiger partial charge in [-0.25, -0.2) is 0 Å². The molecule has 5 heteroatoms. The van der Waals surface area contributed by atoms with E-state index in [9.17, 15) is 14.7 Å². The molecule has 1 fully saturated rings. The van der Waals surface area contributed by atoms with Crippen LogP contribution in [0.2, 0.25) is 0 Å². The molecule has 0 radical (unpaired) electrons. The minimum atomic E-state index is -0.349. The fraction of sp³-hybridized carbons (Fsp3) is 0.364. The van der Waals surface area contributed by atoms with Gasteiger partial charge in [0, 0.05) is 19.5 Å². The van der Waals surface area contributed by atoms with Crippen molar-refractivity contribution in [3.05, 3.63) is 71.8 Å². The van der Waals surface area contributed by atoms with Gasteiger partial charge in [0.2, 0.25) is 11.8 Å². The van der Waals surface area contributed by atoms with E-state index in [1.807, 2.05) is 60.7 Å². The molecular weight excluding hydrogens is 340 g/mol. The van der Waals surface area contributed by atoms with E-state index in [-0.39, 0.29) is 36.8 Å². The van der Waals surface area contributed by atoms with Crippen molar-refractivity contribution in [2.24, 2.45) is 5.92 Å². The molecule has 2 aromatic carbocycles. The molecule has 0 saturated carbocycles. The van der Waals surface area contributed by atoms with Gasteiger partial charge in [-0.05, 0) is 24.0 Å². The van der Waals surface area contributed by atoms with Crippen LogP contribution in [-0.2, 0) is 22.4 Å². The second kappa shape index (κ2) is 9.33. The van der Waals surface area contributed by atoms with Crippen molar-refractivity contribution in [3.63, 3.8) is 0 Å². The Labute approximate surface area is 160 Å². The van der Waals surface area contributed by atoms with Gasteiger partial charge in [0.25, 0.3) is 0 Å². The predicted molar refractivity (Wildman–Crippen MR) is 104 cm³/mol. The normalized spacial score (nSPS) is 17.7. The van der Waals surface area contributed by atoms with Crippen LogP contribution in [0.25, 0.3) is 0 Å². The van der Waals surface area contributed by atoms with Crippen LogP contribution in [0.4, 0.5) is 0 Å². The van der Waals surface area contributed by atoms with Gasteiger partial charge >= 0.3 is 0 Å². The first-order valence-electron chi connectivity index (χ1n) is 9.42. The molecule has 0 spiro atoms. The predicted octanol–water partition coefficient (Wildman–Crippen LogP) is 1.80. The Morgan fingerprint density at radius 3 is 2.33 bits per heavy atom. The molecule has 1 heterocycles. The van der Waals surface area contributed by atoms with Crippen LogP contribution in [0, 0.1) is 5.92 Å². The molecule has 142 valence electrons. The maximum Gasteiger partial charge on any atom is 0.225 e. The smallest absolute Gasteiger partial charge is 0.225 e. The molecule has 2 amide bonds. The quantitative estimate of drug-likeness (QED) is 0.748. The van der Waals surface area contributed by atoms with Crippen LogP contribution in [-0.4, -0.2) is 47.6 Å². The minimum absolute atomic E-state index is 0.0229. The van der Waals surface area contributed by atoms with Crippen LogP contribution in [0.1, 0.15) is 17.5 Å². The molecule has 2 N–H and O–H groups in total. The van der Waals surface area contributed by atoms with E-state index in [1.165, 1.54) is 5.56 Å². The Balaban J connectivity index is 1.50. The Bertz CT molecular complexity index is 749. The molecule has 0 aliphatic carbocycles. The molecule has 27 heavy (non-hydrogen) atoms. The molecule has 0 bridgehead atoms. The average Bonchev–Trinajstić information content (AvgIpc) is 3.08. The molecule has 1 saturated heterocycles. The van der Waals surface area contributed by atoms with Crippen molar-refractivity contribution in [1.82, 2.24) is 10.2 Å². The number of amides is 2. The third-order valence-electron chi connectivity index (χ3n) is 4.99. The number of nitrogens with zero attached hydrogens (tertiary/aromatic N) is 1. The highest BCUT2D eigenvalue weighted by Crippen LogP contribution is 2.19. The molecule has 1 aliphatic heterocycles. The summed E-state index contributed by atoms with van der Waals surface area (Å²) in [5, 5.41) is 12.5. The van der Waals surface area contributed by atoms with Crippen LogP contribution in [0.3, 0.4) is 0 Å². The first kappa shape index (κ1) is 19.1. The average molecular weight is 366 g/mol. The summed E-state index contributed by atoms with van der Waals surface area (Å²) in [6.45, 7) is 0.945. The zero-order valence-electron chi connectivity index (χ0n) is 15.4. The topological polar surface area (TPSA) is 69.6 Å². The van der Waals surface area contributed by atoms with Gasteiger partial charge < -0.3 is 15.3 Å². The SMILES string of the molecule is O=C(N[C@H](CO)Cc1ccccc1)C1CC(=O)N(CCc2ccccc2)C1. The highest BCUT2D eigenvalue weighted by atomic mass is 16.3. The molecule has 3 rings (SSSR count). The number of benzene rings is 2. The number of rotatable bonds is 8. The van der Waals surface area contributed by atoms with Gasteiger partial charge in [0.05, 0.1) is 18.6 Å². The van der Waals surface area contributed by atoms with E-state index in [1.54, 1.807) is 4.90 Å². The maximum absolute atomic E-state index is 12.6. The van der Waals surface area contributed by atoms with Crippen LogP contribution in [0.5, 0.6) is 0 Å². The van der Waals surface area contributed by atoms with E-state index in [0.717, 1.165) is 12.0 Å².